The van der Waals surface area contributed by atoms with E-state index in [2.05, 4.69) is 26.1 Å². The van der Waals surface area contributed by atoms with Crippen LogP contribution in [0.15, 0.2) is 12.1 Å². The minimum Gasteiger partial charge on any atom is -0.462 e. The second-order valence-corrected chi connectivity index (χ2v) is 7.80. The molecule has 1 fully saturated rings. The topological polar surface area (TPSA) is 64.3 Å². The van der Waals surface area contributed by atoms with E-state index in [-0.39, 0.29) is 0 Å². The number of ether oxygens (including phenoxy) is 1. The Labute approximate surface area is 143 Å². The minimum atomic E-state index is -0.442. The van der Waals surface area contributed by atoms with Crippen LogP contribution in [0.5, 0.6) is 0 Å². The third kappa shape index (κ3) is 4.54. The van der Waals surface area contributed by atoms with Gasteiger partial charge >= 0.3 is 5.97 Å². The summed E-state index contributed by atoms with van der Waals surface area (Å²) in [6, 6.07) is 3.69. The smallest absolute Gasteiger partial charge is 0.339 e. The van der Waals surface area contributed by atoms with Crippen molar-refractivity contribution in [3.05, 3.63) is 22.7 Å². The van der Waals surface area contributed by atoms with Gasteiger partial charge in [0.25, 0.3) is 0 Å². The predicted octanol–water partition coefficient (Wildman–Crippen LogP) is 4.73. The molecule has 0 spiro atoms. The van der Waals surface area contributed by atoms with Crippen molar-refractivity contribution in [3.63, 3.8) is 0 Å². The van der Waals surface area contributed by atoms with Crippen LogP contribution in [0.4, 0.5) is 11.4 Å². The fourth-order valence-electron chi connectivity index (χ4n) is 3.76. The molecule has 3 N–H and O–H groups in total. The second kappa shape index (κ2) is 7.00. The van der Waals surface area contributed by atoms with Gasteiger partial charge in [0.2, 0.25) is 0 Å². The van der Waals surface area contributed by atoms with E-state index in [0.29, 0.717) is 40.3 Å². The molecular formula is C18H27ClN2O2. The molecule has 4 nitrogen and oxygen atoms in total. The number of hydrogen-bond acceptors (Lipinski definition) is 4. The highest BCUT2D eigenvalue weighted by atomic mass is 35.5. The lowest BCUT2D eigenvalue weighted by Crippen LogP contribution is -2.35. The number of nitrogens with two attached hydrogens (primary N) is 1. The fourth-order valence-corrected chi connectivity index (χ4v) is 4.00. The number of carbonyl (C=O) groups excluding carboxylic acids is 1. The van der Waals surface area contributed by atoms with Crippen molar-refractivity contribution < 1.29 is 9.53 Å². The van der Waals surface area contributed by atoms with E-state index < -0.39 is 5.97 Å². The quantitative estimate of drug-likeness (QED) is 0.615. The molecule has 0 amide bonds. The normalized spacial score (nSPS) is 23.3. The van der Waals surface area contributed by atoms with Gasteiger partial charge in [0.1, 0.15) is 0 Å². The summed E-state index contributed by atoms with van der Waals surface area (Å²) in [5, 5.41) is 3.88. The lowest BCUT2D eigenvalue weighted by molar-refractivity contribution is 0.0526. The van der Waals surface area contributed by atoms with Crippen molar-refractivity contribution in [1.29, 1.82) is 0 Å². The maximum Gasteiger partial charge on any atom is 0.339 e. The van der Waals surface area contributed by atoms with Crippen LogP contribution in [-0.4, -0.2) is 18.6 Å². The van der Waals surface area contributed by atoms with E-state index in [1.807, 2.05) is 0 Å². The Morgan fingerprint density at radius 1 is 1.43 bits per heavy atom. The van der Waals surface area contributed by atoms with E-state index in [0.717, 1.165) is 18.5 Å². The molecule has 0 bridgehead atoms. The van der Waals surface area contributed by atoms with Crippen LogP contribution in [0.3, 0.4) is 0 Å². The summed E-state index contributed by atoms with van der Waals surface area (Å²) >= 11 is 6.24. The van der Waals surface area contributed by atoms with Gasteiger partial charge in [-0.05, 0) is 49.7 Å². The van der Waals surface area contributed by atoms with Gasteiger partial charge in [-0.15, -0.1) is 0 Å². The van der Waals surface area contributed by atoms with Crippen molar-refractivity contribution >= 4 is 28.9 Å². The zero-order valence-corrected chi connectivity index (χ0v) is 15.2. The molecule has 5 heteroatoms. The highest BCUT2D eigenvalue weighted by Crippen LogP contribution is 2.40. The second-order valence-electron chi connectivity index (χ2n) is 7.39. The van der Waals surface area contributed by atoms with Crippen LogP contribution in [0, 0.1) is 11.3 Å². The molecule has 23 heavy (non-hydrogen) atoms. The summed E-state index contributed by atoms with van der Waals surface area (Å²) in [6.45, 7) is 8.96. The number of nitrogens with one attached hydrogen (secondary N) is 1. The van der Waals surface area contributed by atoms with Crippen LogP contribution in [0.25, 0.3) is 0 Å². The van der Waals surface area contributed by atoms with Gasteiger partial charge in [0.05, 0.1) is 28.6 Å². The van der Waals surface area contributed by atoms with E-state index in [4.69, 9.17) is 22.1 Å². The molecular weight excluding hydrogens is 312 g/mol. The van der Waals surface area contributed by atoms with E-state index in [9.17, 15) is 4.79 Å². The van der Waals surface area contributed by atoms with Gasteiger partial charge in [-0.3, -0.25) is 0 Å². The number of anilines is 2. The SMILES string of the molecule is CCOC(=O)c1cc(N)c(NC2CC(C)CC(C)(C)C2)cc1Cl. The number of rotatable bonds is 4. The molecule has 128 valence electrons. The molecule has 1 saturated carbocycles. The Morgan fingerprint density at radius 2 is 2.13 bits per heavy atom. The van der Waals surface area contributed by atoms with E-state index in [1.165, 1.54) is 6.42 Å². The molecule has 0 radical (unpaired) electrons. The Balaban J connectivity index is 2.18. The number of nitrogen functional groups attached to an aromatic ring is 1. The van der Waals surface area contributed by atoms with Gasteiger partial charge in [-0.1, -0.05) is 32.4 Å². The van der Waals surface area contributed by atoms with Crippen LogP contribution in [0.2, 0.25) is 5.02 Å². The average Bonchev–Trinajstić information content (AvgIpc) is 2.40. The number of benzene rings is 1. The molecule has 0 aliphatic heterocycles. The fraction of sp³-hybridized carbons (Fsp3) is 0.611. The maximum absolute atomic E-state index is 11.9. The Kier molecular flexibility index (Phi) is 5.45. The van der Waals surface area contributed by atoms with Crippen LogP contribution in [0.1, 0.15) is 57.3 Å². The third-order valence-electron chi connectivity index (χ3n) is 4.38. The Hall–Kier alpha value is -1.42. The lowest BCUT2D eigenvalue weighted by Gasteiger charge is -2.39. The molecule has 0 aromatic heterocycles. The summed E-state index contributed by atoms with van der Waals surface area (Å²) in [6.07, 6.45) is 3.44. The number of halogens is 1. The van der Waals surface area contributed by atoms with Crippen molar-refractivity contribution in [2.24, 2.45) is 11.3 Å². The molecule has 1 aliphatic carbocycles. The monoisotopic (exact) mass is 338 g/mol. The standard InChI is InChI=1S/C18H27ClN2O2/c1-5-23-17(22)13-7-15(20)16(8-14(13)19)21-12-6-11(2)9-18(3,4)10-12/h7-8,11-12,21H,5-6,9-10,20H2,1-4H3. The molecule has 1 aliphatic rings. The van der Waals surface area contributed by atoms with E-state index in [1.54, 1.807) is 19.1 Å². The van der Waals surface area contributed by atoms with Crippen molar-refractivity contribution in [1.82, 2.24) is 0 Å². The minimum absolute atomic E-state index is 0.310. The third-order valence-corrected chi connectivity index (χ3v) is 4.69. The zero-order chi connectivity index (χ0) is 17.2. The summed E-state index contributed by atoms with van der Waals surface area (Å²) in [7, 11) is 0. The number of hydrogen-bond donors (Lipinski definition) is 2. The van der Waals surface area contributed by atoms with Gasteiger partial charge in [0.15, 0.2) is 0 Å². The first-order valence-electron chi connectivity index (χ1n) is 8.24. The van der Waals surface area contributed by atoms with E-state index >= 15 is 0 Å². The summed E-state index contributed by atoms with van der Waals surface area (Å²) in [5.74, 6) is 0.231. The molecule has 2 unspecified atom stereocenters. The first-order chi connectivity index (χ1) is 10.7. The zero-order valence-electron chi connectivity index (χ0n) is 14.4. The summed E-state index contributed by atoms with van der Waals surface area (Å²) in [5.41, 5.74) is 8.06. The lowest BCUT2D eigenvalue weighted by atomic mass is 9.70. The van der Waals surface area contributed by atoms with Crippen molar-refractivity contribution in [2.75, 3.05) is 17.7 Å². The Bertz CT molecular complexity index is 587. The number of carbonyl (C=O) groups is 1. The Morgan fingerprint density at radius 3 is 2.74 bits per heavy atom. The molecule has 0 heterocycles. The van der Waals surface area contributed by atoms with Crippen LogP contribution in [-0.2, 0) is 4.74 Å². The molecule has 0 saturated heterocycles. The predicted molar refractivity (Wildman–Crippen MR) is 96.0 cm³/mol. The maximum atomic E-state index is 11.9. The van der Waals surface area contributed by atoms with Crippen LogP contribution >= 0.6 is 11.6 Å². The summed E-state index contributed by atoms with van der Waals surface area (Å²) in [4.78, 5) is 11.9. The molecule has 1 aromatic carbocycles. The van der Waals surface area contributed by atoms with Crippen LogP contribution < -0.4 is 11.1 Å². The largest absolute Gasteiger partial charge is 0.462 e. The first kappa shape index (κ1) is 17.9. The van der Waals surface area contributed by atoms with Crippen molar-refractivity contribution in [2.45, 2.75) is 53.0 Å². The van der Waals surface area contributed by atoms with Gasteiger partial charge in [-0.2, -0.15) is 0 Å². The summed E-state index contributed by atoms with van der Waals surface area (Å²) < 4.78 is 5.00. The molecule has 2 atom stereocenters. The number of esters is 1. The highest BCUT2D eigenvalue weighted by Gasteiger charge is 2.32. The van der Waals surface area contributed by atoms with Gasteiger partial charge in [-0.25, -0.2) is 4.79 Å². The van der Waals surface area contributed by atoms with Gasteiger partial charge in [0, 0.05) is 6.04 Å². The first-order valence-corrected chi connectivity index (χ1v) is 8.62. The molecule has 2 rings (SSSR count). The highest BCUT2D eigenvalue weighted by molar-refractivity contribution is 6.34. The average molecular weight is 339 g/mol. The van der Waals surface area contributed by atoms with Crippen molar-refractivity contribution in [3.8, 4) is 0 Å². The molecule has 1 aromatic rings. The van der Waals surface area contributed by atoms with Gasteiger partial charge < -0.3 is 15.8 Å².